The van der Waals surface area contributed by atoms with Gasteiger partial charge in [-0.05, 0) is 24.7 Å². The van der Waals surface area contributed by atoms with Crippen LogP contribution in [-0.4, -0.2) is 20.8 Å². The van der Waals surface area contributed by atoms with Crippen LogP contribution in [0, 0.1) is 0 Å². The molecule has 0 aliphatic carbocycles. The van der Waals surface area contributed by atoms with Crippen molar-refractivity contribution in [3.8, 4) is 0 Å². The molecule has 88 valence electrons. The van der Waals surface area contributed by atoms with Gasteiger partial charge < -0.3 is 0 Å². The Bertz CT molecular complexity index is 185. The first kappa shape index (κ1) is 14.6. The normalized spacial score (nSPS) is 12.2. The molecule has 0 aromatic carbocycles. The quantitative estimate of drug-likeness (QED) is 0.236. The SMILES string of the molecule is C=CC[Si](C)(C)CC=NCCCCCC. The standard InChI is InChI=1S/C13H27NSi/c1-5-7-8-9-10-14-11-13-15(3,4)12-6-2/h6,11H,2,5,7-10,12-13H2,1,3-4H3. The number of unbranched alkanes of at least 4 members (excludes halogenated alkanes) is 3. The molecule has 0 rings (SSSR count). The molecule has 0 N–H and O–H groups in total. The van der Waals surface area contributed by atoms with Crippen molar-refractivity contribution in [2.45, 2.75) is 57.8 Å². The molecule has 0 aromatic heterocycles. The maximum atomic E-state index is 4.49. The van der Waals surface area contributed by atoms with E-state index >= 15 is 0 Å². The summed E-state index contributed by atoms with van der Waals surface area (Å²) in [5.74, 6) is 0. The number of nitrogens with zero attached hydrogens (tertiary/aromatic N) is 1. The molecule has 0 radical (unpaired) electrons. The fraction of sp³-hybridized carbons (Fsp3) is 0.769. The van der Waals surface area contributed by atoms with Gasteiger partial charge in [-0.15, -0.1) is 6.58 Å². The first-order valence-electron chi connectivity index (χ1n) is 6.21. The molecule has 1 nitrogen and oxygen atoms in total. The zero-order valence-corrected chi connectivity index (χ0v) is 11.8. The zero-order chi connectivity index (χ0) is 11.6. The first-order chi connectivity index (χ1) is 7.12. The maximum absolute atomic E-state index is 4.49. The van der Waals surface area contributed by atoms with Crippen LogP contribution in [0.5, 0.6) is 0 Å². The molecule has 0 amide bonds. The van der Waals surface area contributed by atoms with E-state index in [4.69, 9.17) is 0 Å². The number of allylic oxidation sites excluding steroid dienone is 1. The fourth-order valence-corrected chi connectivity index (χ4v) is 3.08. The molecule has 0 aliphatic heterocycles. The van der Waals surface area contributed by atoms with E-state index in [0.717, 1.165) is 6.54 Å². The van der Waals surface area contributed by atoms with Crippen molar-refractivity contribution in [3.05, 3.63) is 12.7 Å². The van der Waals surface area contributed by atoms with E-state index in [9.17, 15) is 0 Å². The van der Waals surface area contributed by atoms with Gasteiger partial charge in [-0.2, -0.15) is 0 Å². The Kier molecular flexibility index (Phi) is 8.68. The third-order valence-corrected chi connectivity index (χ3v) is 5.29. The molecule has 0 spiro atoms. The lowest BCUT2D eigenvalue weighted by Crippen LogP contribution is -2.24. The van der Waals surface area contributed by atoms with Gasteiger partial charge >= 0.3 is 0 Å². The predicted octanol–water partition coefficient (Wildman–Crippen LogP) is 4.53. The molecule has 0 unspecified atom stereocenters. The van der Waals surface area contributed by atoms with Gasteiger partial charge in [0.05, 0.1) is 8.07 Å². The summed E-state index contributed by atoms with van der Waals surface area (Å²) in [6, 6.07) is 2.40. The lowest BCUT2D eigenvalue weighted by Gasteiger charge is -2.16. The summed E-state index contributed by atoms with van der Waals surface area (Å²) in [4.78, 5) is 4.49. The van der Waals surface area contributed by atoms with E-state index in [1.165, 1.54) is 37.8 Å². The monoisotopic (exact) mass is 225 g/mol. The van der Waals surface area contributed by atoms with Crippen molar-refractivity contribution in [1.82, 2.24) is 0 Å². The van der Waals surface area contributed by atoms with Crippen molar-refractivity contribution >= 4 is 14.3 Å². The highest BCUT2D eigenvalue weighted by Gasteiger charge is 2.16. The van der Waals surface area contributed by atoms with Crippen LogP contribution in [0.15, 0.2) is 17.6 Å². The van der Waals surface area contributed by atoms with Crippen LogP contribution >= 0.6 is 0 Å². The van der Waals surface area contributed by atoms with Crippen LogP contribution in [0.1, 0.15) is 32.6 Å². The highest BCUT2D eigenvalue weighted by molar-refractivity contribution is 6.79. The molecule has 0 saturated heterocycles. The second-order valence-corrected chi connectivity index (χ2v) is 10.2. The predicted molar refractivity (Wildman–Crippen MR) is 74.8 cm³/mol. The Hall–Kier alpha value is -0.373. The van der Waals surface area contributed by atoms with Gasteiger partial charge in [0, 0.05) is 6.54 Å². The van der Waals surface area contributed by atoms with Crippen molar-refractivity contribution in [1.29, 1.82) is 0 Å². The lowest BCUT2D eigenvalue weighted by molar-refractivity contribution is 0.676. The Morgan fingerprint density at radius 3 is 2.47 bits per heavy atom. The third-order valence-electron chi connectivity index (χ3n) is 2.61. The second kappa shape index (κ2) is 8.90. The number of hydrogen-bond donors (Lipinski definition) is 0. The van der Waals surface area contributed by atoms with Crippen LogP contribution in [0.4, 0.5) is 0 Å². The van der Waals surface area contributed by atoms with Crippen LogP contribution in [0.3, 0.4) is 0 Å². The van der Waals surface area contributed by atoms with E-state index in [0.29, 0.717) is 0 Å². The zero-order valence-electron chi connectivity index (χ0n) is 10.8. The van der Waals surface area contributed by atoms with E-state index in [1.54, 1.807) is 0 Å². The van der Waals surface area contributed by atoms with Gasteiger partial charge in [-0.25, -0.2) is 0 Å². The average Bonchev–Trinajstić information content (AvgIpc) is 2.16. The van der Waals surface area contributed by atoms with Gasteiger partial charge in [0.1, 0.15) is 0 Å². The second-order valence-electron chi connectivity index (χ2n) is 5.01. The number of rotatable bonds is 9. The largest absolute Gasteiger partial charge is 0.298 e. The van der Waals surface area contributed by atoms with Crippen LogP contribution in [0.2, 0.25) is 25.2 Å². The molecule has 0 saturated carbocycles. The van der Waals surface area contributed by atoms with E-state index in [1.807, 2.05) is 0 Å². The molecule has 0 bridgehead atoms. The number of hydrogen-bond acceptors (Lipinski definition) is 1. The molecule has 0 aliphatic rings. The topological polar surface area (TPSA) is 12.4 Å². The molecular weight excluding hydrogens is 198 g/mol. The van der Waals surface area contributed by atoms with Crippen molar-refractivity contribution < 1.29 is 0 Å². The first-order valence-corrected chi connectivity index (χ1v) is 9.63. The summed E-state index contributed by atoms with van der Waals surface area (Å²) in [7, 11) is -1.05. The summed E-state index contributed by atoms with van der Waals surface area (Å²) >= 11 is 0. The molecular formula is C13H27NSi. The highest BCUT2D eigenvalue weighted by Crippen LogP contribution is 2.13. The molecule has 15 heavy (non-hydrogen) atoms. The fourth-order valence-electron chi connectivity index (χ4n) is 1.51. The van der Waals surface area contributed by atoms with Gasteiger partial charge in [0.2, 0.25) is 0 Å². The van der Waals surface area contributed by atoms with Crippen molar-refractivity contribution in [2.75, 3.05) is 6.54 Å². The Labute approximate surface area is 96.7 Å². The van der Waals surface area contributed by atoms with Crippen LogP contribution in [0.25, 0.3) is 0 Å². The Balaban J connectivity index is 3.48. The Morgan fingerprint density at radius 1 is 1.13 bits per heavy atom. The van der Waals surface area contributed by atoms with E-state index in [-0.39, 0.29) is 0 Å². The minimum absolute atomic E-state index is 1.03. The summed E-state index contributed by atoms with van der Waals surface area (Å²) in [5, 5.41) is 0. The maximum Gasteiger partial charge on any atom is 0.0565 e. The number of aliphatic imine (C=N–C) groups is 1. The van der Waals surface area contributed by atoms with Crippen LogP contribution in [-0.2, 0) is 0 Å². The van der Waals surface area contributed by atoms with Gasteiger partial charge in [-0.3, -0.25) is 4.99 Å². The van der Waals surface area contributed by atoms with Crippen molar-refractivity contribution in [3.63, 3.8) is 0 Å². The Morgan fingerprint density at radius 2 is 1.87 bits per heavy atom. The van der Waals surface area contributed by atoms with Crippen molar-refractivity contribution in [2.24, 2.45) is 4.99 Å². The minimum atomic E-state index is -1.05. The summed E-state index contributed by atoms with van der Waals surface area (Å²) in [6.45, 7) is 11.9. The highest BCUT2D eigenvalue weighted by atomic mass is 28.3. The average molecular weight is 225 g/mol. The van der Waals surface area contributed by atoms with E-state index in [2.05, 4.69) is 43.9 Å². The summed E-state index contributed by atoms with van der Waals surface area (Å²) in [5.41, 5.74) is 0. The van der Waals surface area contributed by atoms with E-state index < -0.39 is 8.07 Å². The van der Waals surface area contributed by atoms with Gasteiger partial charge in [-0.1, -0.05) is 45.4 Å². The molecule has 0 fully saturated rings. The minimum Gasteiger partial charge on any atom is -0.298 e. The van der Waals surface area contributed by atoms with Gasteiger partial charge in [0.25, 0.3) is 0 Å². The molecule has 0 atom stereocenters. The molecule has 0 heterocycles. The van der Waals surface area contributed by atoms with Crippen LogP contribution < -0.4 is 0 Å². The smallest absolute Gasteiger partial charge is 0.0565 e. The molecule has 0 aromatic rings. The van der Waals surface area contributed by atoms with Gasteiger partial charge in [0.15, 0.2) is 0 Å². The lowest BCUT2D eigenvalue weighted by atomic mass is 10.2. The summed E-state index contributed by atoms with van der Waals surface area (Å²) < 4.78 is 0. The summed E-state index contributed by atoms with van der Waals surface area (Å²) in [6.07, 6.45) is 9.47. The third kappa shape index (κ3) is 9.92. The molecule has 2 heteroatoms.